The van der Waals surface area contributed by atoms with E-state index >= 15 is 0 Å². The fourth-order valence-electron chi connectivity index (χ4n) is 2.64. The zero-order chi connectivity index (χ0) is 14.0. The molecule has 0 saturated carbocycles. The lowest BCUT2D eigenvalue weighted by atomic mass is 9.83. The summed E-state index contributed by atoms with van der Waals surface area (Å²) >= 11 is 0. The van der Waals surface area contributed by atoms with Crippen molar-refractivity contribution in [2.75, 3.05) is 6.61 Å². The Labute approximate surface area is 115 Å². The predicted octanol–water partition coefficient (Wildman–Crippen LogP) is 3.18. The molecule has 1 atom stereocenters. The number of amides is 1. The van der Waals surface area contributed by atoms with E-state index in [-0.39, 0.29) is 17.4 Å². The van der Waals surface area contributed by atoms with Gasteiger partial charge < -0.3 is 10.1 Å². The third-order valence-electron chi connectivity index (χ3n) is 3.30. The minimum absolute atomic E-state index is 0.0250. The average Bonchev–Trinajstić information content (AvgIpc) is 2.28. The van der Waals surface area contributed by atoms with Crippen LogP contribution in [0, 0.1) is 5.41 Å². The lowest BCUT2D eigenvalue weighted by molar-refractivity contribution is 0.0912. The van der Waals surface area contributed by atoms with Crippen LogP contribution in [0.5, 0.6) is 5.75 Å². The van der Waals surface area contributed by atoms with Crippen LogP contribution < -0.4 is 10.1 Å². The summed E-state index contributed by atoms with van der Waals surface area (Å²) in [5.74, 6) is 0.794. The number of fused-ring (bicyclic) bond motifs is 1. The van der Waals surface area contributed by atoms with Gasteiger partial charge in [-0.3, -0.25) is 4.79 Å². The van der Waals surface area contributed by atoms with Gasteiger partial charge in [0.25, 0.3) is 5.91 Å². The highest BCUT2D eigenvalue weighted by Gasteiger charge is 2.27. The van der Waals surface area contributed by atoms with Crippen LogP contribution in [0.2, 0.25) is 0 Å². The van der Waals surface area contributed by atoms with E-state index < -0.39 is 0 Å². The van der Waals surface area contributed by atoms with Gasteiger partial charge in [-0.2, -0.15) is 0 Å². The fraction of sp³-hybridized carbons (Fsp3) is 0.562. The molecule has 2 rings (SSSR count). The minimum atomic E-state index is 0.0250. The Morgan fingerprint density at radius 3 is 2.74 bits per heavy atom. The van der Waals surface area contributed by atoms with Crippen molar-refractivity contribution in [2.45, 2.75) is 46.6 Å². The molecule has 1 aromatic rings. The van der Waals surface area contributed by atoms with Crippen molar-refractivity contribution < 1.29 is 9.53 Å². The quantitative estimate of drug-likeness (QED) is 0.907. The zero-order valence-corrected chi connectivity index (χ0v) is 12.2. The number of nitrogens with one attached hydrogen (secondary N) is 1. The smallest absolute Gasteiger partial charge is 0.251 e. The van der Waals surface area contributed by atoms with Crippen molar-refractivity contribution >= 4 is 5.91 Å². The molecule has 1 N–H and O–H groups in total. The predicted molar refractivity (Wildman–Crippen MR) is 76.6 cm³/mol. The fourth-order valence-corrected chi connectivity index (χ4v) is 2.64. The number of hydrogen-bond donors (Lipinski definition) is 1. The third-order valence-corrected chi connectivity index (χ3v) is 3.30. The SMILES string of the molecule is CCOc1ccc2c(c1)C(=O)NC(CC(C)(C)C)C2. The summed E-state index contributed by atoms with van der Waals surface area (Å²) in [6.07, 6.45) is 1.90. The Morgan fingerprint density at radius 1 is 1.37 bits per heavy atom. The molecule has 1 aromatic carbocycles. The topological polar surface area (TPSA) is 38.3 Å². The van der Waals surface area contributed by atoms with Gasteiger partial charge in [0.2, 0.25) is 0 Å². The Bertz CT molecular complexity index is 474. The van der Waals surface area contributed by atoms with Crippen LogP contribution in [0.4, 0.5) is 0 Å². The molecular weight excluding hydrogens is 238 g/mol. The van der Waals surface area contributed by atoms with Crippen LogP contribution in [0.25, 0.3) is 0 Å². The Kier molecular flexibility index (Phi) is 3.83. The maximum Gasteiger partial charge on any atom is 0.251 e. The van der Waals surface area contributed by atoms with Gasteiger partial charge in [-0.15, -0.1) is 0 Å². The first-order valence-corrected chi connectivity index (χ1v) is 6.95. The summed E-state index contributed by atoms with van der Waals surface area (Å²) in [5.41, 5.74) is 2.11. The highest BCUT2D eigenvalue weighted by Crippen LogP contribution is 2.28. The molecule has 1 heterocycles. The van der Waals surface area contributed by atoms with E-state index in [0.29, 0.717) is 6.61 Å². The second kappa shape index (κ2) is 5.24. The average molecular weight is 261 g/mol. The van der Waals surface area contributed by atoms with Gasteiger partial charge in [-0.25, -0.2) is 0 Å². The molecule has 0 bridgehead atoms. The van der Waals surface area contributed by atoms with E-state index in [4.69, 9.17) is 4.74 Å². The molecule has 1 aliphatic heterocycles. The summed E-state index contributed by atoms with van der Waals surface area (Å²) < 4.78 is 5.45. The number of hydrogen-bond acceptors (Lipinski definition) is 2. The number of ether oxygens (including phenoxy) is 1. The summed E-state index contributed by atoms with van der Waals surface area (Å²) in [4.78, 5) is 12.2. The summed E-state index contributed by atoms with van der Waals surface area (Å²) in [6, 6.07) is 6.06. The Morgan fingerprint density at radius 2 is 2.11 bits per heavy atom. The van der Waals surface area contributed by atoms with Gasteiger partial charge in [-0.05, 0) is 42.9 Å². The maximum absolute atomic E-state index is 12.2. The van der Waals surface area contributed by atoms with E-state index in [2.05, 4.69) is 26.1 Å². The van der Waals surface area contributed by atoms with Crippen LogP contribution in [-0.2, 0) is 6.42 Å². The highest BCUT2D eigenvalue weighted by atomic mass is 16.5. The van der Waals surface area contributed by atoms with Gasteiger partial charge in [0, 0.05) is 11.6 Å². The monoisotopic (exact) mass is 261 g/mol. The first kappa shape index (κ1) is 13.9. The molecule has 0 spiro atoms. The molecule has 0 aliphatic carbocycles. The van der Waals surface area contributed by atoms with E-state index in [9.17, 15) is 4.79 Å². The first-order chi connectivity index (χ1) is 8.89. The lowest BCUT2D eigenvalue weighted by Crippen LogP contribution is -2.43. The Hall–Kier alpha value is -1.51. The van der Waals surface area contributed by atoms with Crippen molar-refractivity contribution in [1.82, 2.24) is 5.32 Å². The largest absolute Gasteiger partial charge is 0.494 e. The van der Waals surface area contributed by atoms with E-state index in [0.717, 1.165) is 29.7 Å². The van der Waals surface area contributed by atoms with Crippen LogP contribution in [-0.4, -0.2) is 18.6 Å². The van der Waals surface area contributed by atoms with Gasteiger partial charge in [0.15, 0.2) is 0 Å². The molecule has 1 aliphatic rings. The second-order valence-electron chi connectivity index (χ2n) is 6.39. The summed E-state index contributed by atoms with van der Waals surface area (Å²) in [7, 11) is 0. The third kappa shape index (κ3) is 3.49. The van der Waals surface area contributed by atoms with Gasteiger partial charge in [0.05, 0.1) is 6.61 Å². The molecule has 1 unspecified atom stereocenters. The van der Waals surface area contributed by atoms with E-state index in [1.54, 1.807) is 0 Å². The number of carbonyl (C=O) groups excluding carboxylic acids is 1. The molecule has 3 heteroatoms. The van der Waals surface area contributed by atoms with Crippen LogP contribution in [0.1, 0.15) is 50.0 Å². The molecule has 0 aromatic heterocycles. The van der Waals surface area contributed by atoms with Gasteiger partial charge in [0.1, 0.15) is 5.75 Å². The molecule has 0 fully saturated rings. The molecular formula is C16H23NO2. The normalized spacial score (nSPS) is 18.7. The van der Waals surface area contributed by atoms with Crippen LogP contribution in [0.15, 0.2) is 18.2 Å². The van der Waals surface area contributed by atoms with E-state index in [1.807, 2.05) is 25.1 Å². The molecule has 1 amide bonds. The maximum atomic E-state index is 12.2. The number of carbonyl (C=O) groups is 1. The first-order valence-electron chi connectivity index (χ1n) is 6.95. The molecule has 104 valence electrons. The standard InChI is InChI=1S/C16H23NO2/c1-5-19-13-7-6-11-8-12(10-16(2,3)4)17-15(18)14(11)9-13/h6-7,9,12H,5,8,10H2,1-4H3,(H,17,18). The summed E-state index contributed by atoms with van der Waals surface area (Å²) in [6.45, 7) is 9.17. The van der Waals surface area contributed by atoms with Crippen molar-refractivity contribution in [3.63, 3.8) is 0 Å². The molecule has 0 radical (unpaired) electrons. The highest BCUT2D eigenvalue weighted by molar-refractivity contribution is 5.97. The Balaban J connectivity index is 2.19. The molecule has 0 saturated heterocycles. The zero-order valence-electron chi connectivity index (χ0n) is 12.2. The van der Waals surface area contributed by atoms with Crippen molar-refractivity contribution in [3.05, 3.63) is 29.3 Å². The minimum Gasteiger partial charge on any atom is -0.494 e. The second-order valence-corrected chi connectivity index (χ2v) is 6.39. The number of benzene rings is 1. The molecule has 19 heavy (non-hydrogen) atoms. The van der Waals surface area contributed by atoms with Crippen molar-refractivity contribution in [2.24, 2.45) is 5.41 Å². The van der Waals surface area contributed by atoms with Crippen molar-refractivity contribution in [1.29, 1.82) is 0 Å². The lowest BCUT2D eigenvalue weighted by Gasteiger charge is -2.31. The van der Waals surface area contributed by atoms with Gasteiger partial charge >= 0.3 is 0 Å². The van der Waals surface area contributed by atoms with Crippen molar-refractivity contribution in [3.8, 4) is 5.75 Å². The van der Waals surface area contributed by atoms with E-state index in [1.165, 1.54) is 0 Å². The number of rotatable bonds is 3. The van der Waals surface area contributed by atoms with Gasteiger partial charge in [-0.1, -0.05) is 26.8 Å². The summed E-state index contributed by atoms with van der Waals surface area (Å²) in [5, 5.41) is 3.10. The molecule has 3 nitrogen and oxygen atoms in total. The van der Waals surface area contributed by atoms with Crippen LogP contribution in [0.3, 0.4) is 0 Å². The van der Waals surface area contributed by atoms with Crippen LogP contribution >= 0.6 is 0 Å².